The average Bonchev–Trinajstić information content (AvgIpc) is 3.15. The van der Waals surface area contributed by atoms with Gasteiger partial charge in [-0.05, 0) is 42.2 Å². The Balaban J connectivity index is 1.41. The van der Waals surface area contributed by atoms with Crippen LogP contribution in [0.2, 0.25) is 0 Å². The van der Waals surface area contributed by atoms with E-state index in [9.17, 15) is 9.59 Å². The summed E-state index contributed by atoms with van der Waals surface area (Å²) in [6.45, 7) is 8.27. The van der Waals surface area contributed by atoms with Crippen molar-refractivity contribution in [3.8, 4) is 17.2 Å². The Morgan fingerprint density at radius 2 is 1.77 bits per heavy atom. The van der Waals surface area contributed by atoms with Crippen LogP contribution in [0, 0.1) is 0 Å². The number of benzene rings is 2. The van der Waals surface area contributed by atoms with E-state index in [4.69, 9.17) is 18.9 Å². The zero-order chi connectivity index (χ0) is 21.7. The lowest BCUT2D eigenvalue weighted by atomic mass is 9.87. The molecule has 1 atom stereocenters. The highest BCUT2D eigenvalue weighted by molar-refractivity contribution is 5.95. The molecule has 1 aliphatic heterocycles. The summed E-state index contributed by atoms with van der Waals surface area (Å²) in [6.07, 6.45) is -0.892. The third-order valence-corrected chi connectivity index (χ3v) is 4.61. The number of ether oxygens (including phenoxy) is 4. The molecule has 0 radical (unpaired) electrons. The van der Waals surface area contributed by atoms with E-state index < -0.39 is 18.0 Å². The predicted molar refractivity (Wildman–Crippen MR) is 112 cm³/mol. The minimum absolute atomic E-state index is 0.0443. The summed E-state index contributed by atoms with van der Waals surface area (Å²) in [5.41, 5.74) is 1.81. The van der Waals surface area contributed by atoms with E-state index in [0.29, 0.717) is 22.9 Å². The van der Waals surface area contributed by atoms with E-state index in [-0.39, 0.29) is 25.2 Å². The SMILES string of the molecule is C[C@@H](OC(=O)CCOc1ccc(C(C)(C)C)cc1)C(=O)Nc1ccc2c(c1)OCO2. The molecule has 0 spiro atoms. The molecular formula is C23H27NO6. The van der Waals surface area contributed by atoms with Crippen molar-refractivity contribution in [2.45, 2.75) is 45.6 Å². The van der Waals surface area contributed by atoms with Crippen molar-refractivity contribution in [1.29, 1.82) is 0 Å². The zero-order valence-electron chi connectivity index (χ0n) is 17.7. The molecule has 0 aliphatic carbocycles. The number of carbonyl (C=O) groups is 2. The molecule has 160 valence electrons. The van der Waals surface area contributed by atoms with Crippen molar-refractivity contribution in [2.75, 3.05) is 18.7 Å². The Hall–Kier alpha value is -3.22. The summed E-state index contributed by atoms with van der Waals surface area (Å²) in [5, 5.41) is 2.69. The van der Waals surface area contributed by atoms with Gasteiger partial charge in [-0.25, -0.2) is 0 Å². The summed E-state index contributed by atoms with van der Waals surface area (Å²) in [6, 6.07) is 12.8. The molecule has 0 saturated carbocycles. The fourth-order valence-corrected chi connectivity index (χ4v) is 2.83. The average molecular weight is 413 g/mol. The maximum absolute atomic E-state index is 12.3. The van der Waals surface area contributed by atoms with Crippen LogP contribution in [0.1, 0.15) is 39.7 Å². The van der Waals surface area contributed by atoms with Crippen molar-refractivity contribution in [2.24, 2.45) is 0 Å². The molecule has 1 N–H and O–H groups in total. The number of hydrogen-bond donors (Lipinski definition) is 1. The summed E-state index contributed by atoms with van der Waals surface area (Å²) >= 11 is 0. The van der Waals surface area contributed by atoms with Crippen molar-refractivity contribution >= 4 is 17.6 Å². The van der Waals surface area contributed by atoms with Gasteiger partial charge < -0.3 is 24.3 Å². The first-order valence-corrected chi connectivity index (χ1v) is 9.86. The second-order valence-electron chi connectivity index (χ2n) is 8.06. The second kappa shape index (κ2) is 9.07. The van der Waals surface area contributed by atoms with Crippen LogP contribution in [0.5, 0.6) is 17.2 Å². The third kappa shape index (κ3) is 5.65. The number of fused-ring (bicyclic) bond motifs is 1. The zero-order valence-corrected chi connectivity index (χ0v) is 17.7. The van der Waals surface area contributed by atoms with Crippen LogP contribution in [0.15, 0.2) is 42.5 Å². The van der Waals surface area contributed by atoms with E-state index in [1.54, 1.807) is 18.2 Å². The van der Waals surface area contributed by atoms with Gasteiger partial charge in [0.15, 0.2) is 17.6 Å². The number of carbonyl (C=O) groups excluding carboxylic acids is 2. The molecule has 0 aromatic heterocycles. The first-order chi connectivity index (χ1) is 14.2. The molecular weight excluding hydrogens is 386 g/mol. The van der Waals surface area contributed by atoms with Gasteiger partial charge in [0.1, 0.15) is 5.75 Å². The topological polar surface area (TPSA) is 83.1 Å². The van der Waals surface area contributed by atoms with Crippen molar-refractivity contribution in [3.05, 3.63) is 48.0 Å². The molecule has 0 unspecified atom stereocenters. The summed E-state index contributed by atoms with van der Waals surface area (Å²) < 4.78 is 21.3. The number of nitrogens with one attached hydrogen (secondary N) is 1. The van der Waals surface area contributed by atoms with Gasteiger partial charge in [0.2, 0.25) is 6.79 Å². The van der Waals surface area contributed by atoms with Crippen LogP contribution in [-0.2, 0) is 19.7 Å². The minimum Gasteiger partial charge on any atom is -0.493 e. The Morgan fingerprint density at radius 3 is 2.47 bits per heavy atom. The minimum atomic E-state index is -0.936. The van der Waals surface area contributed by atoms with Gasteiger partial charge in [-0.3, -0.25) is 9.59 Å². The molecule has 30 heavy (non-hydrogen) atoms. The maximum atomic E-state index is 12.3. The third-order valence-electron chi connectivity index (χ3n) is 4.61. The summed E-state index contributed by atoms with van der Waals surface area (Å²) in [7, 11) is 0. The highest BCUT2D eigenvalue weighted by atomic mass is 16.7. The molecule has 7 heteroatoms. The van der Waals surface area contributed by atoms with Crippen LogP contribution >= 0.6 is 0 Å². The van der Waals surface area contributed by atoms with Gasteiger partial charge in [-0.1, -0.05) is 32.9 Å². The number of hydrogen-bond acceptors (Lipinski definition) is 6. The molecule has 2 aromatic rings. The van der Waals surface area contributed by atoms with Gasteiger partial charge in [0, 0.05) is 11.8 Å². The highest BCUT2D eigenvalue weighted by Crippen LogP contribution is 2.34. The first-order valence-electron chi connectivity index (χ1n) is 9.86. The van der Waals surface area contributed by atoms with Gasteiger partial charge in [0.05, 0.1) is 13.0 Å². The fraction of sp³-hybridized carbons (Fsp3) is 0.391. The monoisotopic (exact) mass is 413 g/mol. The smallest absolute Gasteiger partial charge is 0.310 e. The Morgan fingerprint density at radius 1 is 1.07 bits per heavy atom. The fourth-order valence-electron chi connectivity index (χ4n) is 2.83. The molecule has 1 aliphatic rings. The van der Waals surface area contributed by atoms with Crippen LogP contribution in [-0.4, -0.2) is 31.4 Å². The van der Waals surface area contributed by atoms with Gasteiger partial charge in [-0.15, -0.1) is 0 Å². The second-order valence-corrected chi connectivity index (χ2v) is 8.06. The van der Waals surface area contributed by atoms with Crippen LogP contribution < -0.4 is 19.5 Å². The molecule has 3 rings (SSSR count). The lowest BCUT2D eigenvalue weighted by Crippen LogP contribution is -2.30. The Labute approximate surface area is 176 Å². The van der Waals surface area contributed by atoms with Crippen LogP contribution in [0.4, 0.5) is 5.69 Å². The molecule has 2 aromatic carbocycles. The summed E-state index contributed by atoms with van der Waals surface area (Å²) in [4.78, 5) is 24.3. The highest BCUT2D eigenvalue weighted by Gasteiger charge is 2.20. The Kier molecular flexibility index (Phi) is 6.50. The lowest BCUT2D eigenvalue weighted by molar-refractivity contribution is -0.153. The number of amides is 1. The summed E-state index contributed by atoms with van der Waals surface area (Å²) in [5.74, 6) is 0.936. The van der Waals surface area contributed by atoms with Crippen LogP contribution in [0.3, 0.4) is 0 Å². The van der Waals surface area contributed by atoms with Crippen LogP contribution in [0.25, 0.3) is 0 Å². The van der Waals surface area contributed by atoms with Crippen molar-refractivity contribution < 1.29 is 28.5 Å². The Bertz CT molecular complexity index is 901. The molecule has 0 saturated heterocycles. The number of rotatable bonds is 7. The maximum Gasteiger partial charge on any atom is 0.310 e. The van der Waals surface area contributed by atoms with E-state index >= 15 is 0 Å². The van der Waals surface area contributed by atoms with Crippen molar-refractivity contribution in [1.82, 2.24) is 0 Å². The predicted octanol–water partition coefficient (Wildman–Crippen LogP) is 4.05. The normalized spacial score (nSPS) is 13.5. The largest absolute Gasteiger partial charge is 0.493 e. The van der Waals surface area contributed by atoms with Gasteiger partial charge >= 0.3 is 5.97 Å². The van der Waals surface area contributed by atoms with E-state index in [1.807, 2.05) is 24.3 Å². The molecule has 1 amide bonds. The quantitative estimate of drug-likeness (QED) is 0.690. The number of anilines is 1. The number of esters is 1. The molecule has 0 bridgehead atoms. The van der Waals surface area contributed by atoms with Gasteiger partial charge in [0.25, 0.3) is 5.91 Å². The van der Waals surface area contributed by atoms with E-state index in [2.05, 4.69) is 26.1 Å². The van der Waals surface area contributed by atoms with Gasteiger partial charge in [-0.2, -0.15) is 0 Å². The van der Waals surface area contributed by atoms with Crippen molar-refractivity contribution in [3.63, 3.8) is 0 Å². The van der Waals surface area contributed by atoms with E-state index in [0.717, 1.165) is 0 Å². The molecule has 1 heterocycles. The van der Waals surface area contributed by atoms with E-state index in [1.165, 1.54) is 12.5 Å². The first kappa shape index (κ1) is 21.5. The standard InChI is InChI=1S/C23H27NO6/c1-15(22(26)24-17-7-10-19-20(13-17)29-14-28-19)30-21(25)11-12-27-18-8-5-16(6-9-18)23(2,3)4/h5-10,13,15H,11-12,14H2,1-4H3,(H,24,26)/t15-/m1/s1. The molecule has 7 nitrogen and oxygen atoms in total. The lowest BCUT2D eigenvalue weighted by Gasteiger charge is -2.19. The molecule has 0 fully saturated rings.